The van der Waals surface area contributed by atoms with Crippen molar-refractivity contribution >= 4 is 5.78 Å². The third kappa shape index (κ3) is 1.21. The standard InChI is InChI=1S/C8H14O2/c1-8(6-9)5-3-2-4-7(8)10/h9H,2-6H2,1H3/t8-/m0/s1. The van der Waals surface area contributed by atoms with Crippen LogP contribution in [0.2, 0.25) is 0 Å². The molecule has 1 atom stereocenters. The number of hydrogen-bond acceptors (Lipinski definition) is 2. The van der Waals surface area contributed by atoms with E-state index in [-0.39, 0.29) is 12.4 Å². The summed E-state index contributed by atoms with van der Waals surface area (Å²) in [4.78, 5) is 11.2. The number of aliphatic hydroxyl groups excluding tert-OH is 1. The average molecular weight is 142 g/mol. The fourth-order valence-electron chi connectivity index (χ4n) is 1.41. The van der Waals surface area contributed by atoms with E-state index in [1.165, 1.54) is 0 Å². The number of Topliss-reactive ketones (excluding diaryl/α,β-unsaturated/α-hetero) is 1. The Morgan fingerprint density at radius 1 is 1.60 bits per heavy atom. The highest BCUT2D eigenvalue weighted by Gasteiger charge is 2.33. The summed E-state index contributed by atoms with van der Waals surface area (Å²) in [7, 11) is 0. The summed E-state index contributed by atoms with van der Waals surface area (Å²) in [6, 6.07) is 0. The fraction of sp³-hybridized carbons (Fsp3) is 0.875. The lowest BCUT2D eigenvalue weighted by atomic mass is 9.75. The Bertz CT molecular complexity index is 142. The second kappa shape index (κ2) is 2.70. The second-order valence-electron chi connectivity index (χ2n) is 3.35. The van der Waals surface area contributed by atoms with Crippen molar-refractivity contribution in [3.8, 4) is 0 Å². The molecule has 0 amide bonds. The summed E-state index contributed by atoms with van der Waals surface area (Å²) in [5.74, 6) is 0.237. The van der Waals surface area contributed by atoms with E-state index in [0.717, 1.165) is 19.3 Å². The molecule has 0 radical (unpaired) electrons. The van der Waals surface area contributed by atoms with E-state index in [1.807, 2.05) is 6.92 Å². The van der Waals surface area contributed by atoms with Gasteiger partial charge in [0.2, 0.25) is 0 Å². The number of carbonyl (C=O) groups is 1. The van der Waals surface area contributed by atoms with Crippen LogP contribution in [0, 0.1) is 5.41 Å². The molecule has 1 saturated carbocycles. The maximum absolute atomic E-state index is 11.2. The molecule has 0 bridgehead atoms. The quantitative estimate of drug-likeness (QED) is 0.596. The van der Waals surface area contributed by atoms with Gasteiger partial charge in [0.1, 0.15) is 5.78 Å². The van der Waals surface area contributed by atoms with Gasteiger partial charge < -0.3 is 5.11 Å². The molecule has 0 saturated heterocycles. The molecule has 1 N–H and O–H groups in total. The van der Waals surface area contributed by atoms with Crippen molar-refractivity contribution in [3.63, 3.8) is 0 Å². The molecular weight excluding hydrogens is 128 g/mol. The molecule has 0 aromatic heterocycles. The molecule has 1 rings (SSSR count). The summed E-state index contributed by atoms with van der Waals surface area (Å²) in [5, 5.41) is 8.90. The molecule has 1 aliphatic rings. The zero-order valence-electron chi connectivity index (χ0n) is 6.39. The van der Waals surface area contributed by atoms with E-state index in [4.69, 9.17) is 5.11 Å². The predicted molar refractivity (Wildman–Crippen MR) is 38.7 cm³/mol. The molecule has 2 heteroatoms. The Kier molecular flexibility index (Phi) is 2.09. The SMILES string of the molecule is C[C@@]1(CO)CCCCC1=O. The predicted octanol–water partition coefficient (Wildman–Crippen LogP) is 1.13. The Balaban J connectivity index is 2.63. The molecule has 0 aromatic rings. The van der Waals surface area contributed by atoms with Gasteiger partial charge in [-0.05, 0) is 12.8 Å². The third-order valence-electron chi connectivity index (χ3n) is 2.40. The maximum Gasteiger partial charge on any atom is 0.141 e. The summed E-state index contributed by atoms with van der Waals surface area (Å²) in [5.41, 5.74) is -0.405. The molecule has 2 nitrogen and oxygen atoms in total. The second-order valence-corrected chi connectivity index (χ2v) is 3.35. The van der Waals surface area contributed by atoms with E-state index in [9.17, 15) is 4.79 Å². The van der Waals surface area contributed by atoms with Gasteiger partial charge in [0.15, 0.2) is 0 Å². The van der Waals surface area contributed by atoms with Crippen molar-refractivity contribution in [2.75, 3.05) is 6.61 Å². The van der Waals surface area contributed by atoms with E-state index < -0.39 is 5.41 Å². The van der Waals surface area contributed by atoms with Crippen LogP contribution in [0.4, 0.5) is 0 Å². The number of aliphatic hydroxyl groups is 1. The summed E-state index contributed by atoms with van der Waals surface area (Å²) < 4.78 is 0. The summed E-state index contributed by atoms with van der Waals surface area (Å²) in [6.45, 7) is 1.88. The van der Waals surface area contributed by atoms with E-state index >= 15 is 0 Å². The Morgan fingerprint density at radius 2 is 2.30 bits per heavy atom. The van der Waals surface area contributed by atoms with Gasteiger partial charge in [-0.1, -0.05) is 13.3 Å². The zero-order chi connectivity index (χ0) is 7.61. The van der Waals surface area contributed by atoms with Crippen LogP contribution in [0.25, 0.3) is 0 Å². The smallest absolute Gasteiger partial charge is 0.141 e. The minimum absolute atomic E-state index is 0.0197. The van der Waals surface area contributed by atoms with Crippen molar-refractivity contribution in [1.29, 1.82) is 0 Å². The normalized spacial score (nSPS) is 34.4. The van der Waals surface area contributed by atoms with Crippen molar-refractivity contribution < 1.29 is 9.90 Å². The first-order chi connectivity index (χ1) is 4.69. The first kappa shape index (κ1) is 7.73. The van der Waals surface area contributed by atoms with Crippen molar-refractivity contribution in [1.82, 2.24) is 0 Å². The van der Waals surface area contributed by atoms with Gasteiger partial charge in [0.05, 0.1) is 6.61 Å². The van der Waals surface area contributed by atoms with Crippen molar-refractivity contribution in [3.05, 3.63) is 0 Å². The minimum atomic E-state index is -0.405. The highest BCUT2D eigenvalue weighted by Crippen LogP contribution is 2.31. The lowest BCUT2D eigenvalue weighted by Crippen LogP contribution is -2.34. The molecule has 0 aliphatic heterocycles. The zero-order valence-corrected chi connectivity index (χ0v) is 6.39. The topological polar surface area (TPSA) is 37.3 Å². The first-order valence-corrected chi connectivity index (χ1v) is 3.83. The largest absolute Gasteiger partial charge is 0.395 e. The lowest BCUT2D eigenvalue weighted by Gasteiger charge is -2.29. The maximum atomic E-state index is 11.2. The van der Waals surface area contributed by atoms with Gasteiger partial charge in [-0.2, -0.15) is 0 Å². The Morgan fingerprint density at radius 3 is 2.70 bits per heavy atom. The average Bonchev–Trinajstić information content (AvgIpc) is 1.96. The first-order valence-electron chi connectivity index (χ1n) is 3.83. The van der Waals surface area contributed by atoms with Gasteiger partial charge in [-0.25, -0.2) is 0 Å². The third-order valence-corrected chi connectivity index (χ3v) is 2.40. The van der Waals surface area contributed by atoms with Gasteiger partial charge in [-0.15, -0.1) is 0 Å². The summed E-state index contributed by atoms with van der Waals surface area (Å²) >= 11 is 0. The molecule has 10 heavy (non-hydrogen) atoms. The number of carbonyl (C=O) groups excluding carboxylic acids is 1. The van der Waals surface area contributed by atoms with Crippen molar-refractivity contribution in [2.24, 2.45) is 5.41 Å². The van der Waals surface area contributed by atoms with E-state index in [0.29, 0.717) is 6.42 Å². The Labute approximate surface area is 61.2 Å². The molecule has 0 spiro atoms. The van der Waals surface area contributed by atoms with Crippen LogP contribution in [-0.2, 0) is 4.79 Å². The van der Waals surface area contributed by atoms with Crippen LogP contribution in [0.3, 0.4) is 0 Å². The van der Waals surface area contributed by atoms with Crippen LogP contribution in [0.5, 0.6) is 0 Å². The van der Waals surface area contributed by atoms with Crippen LogP contribution in [0.1, 0.15) is 32.6 Å². The Hall–Kier alpha value is -0.370. The number of rotatable bonds is 1. The molecule has 0 aromatic carbocycles. The van der Waals surface area contributed by atoms with Crippen LogP contribution >= 0.6 is 0 Å². The fourth-order valence-corrected chi connectivity index (χ4v) is 1.41. The highest BCUT2D eigenvalue weighted by atomic mass is 16.3. The molecule has 1 fully saturated rings. The number of ketones is 1. The molecular formula is C8H14O2. The molecule has 58 valence electrons. The van der Waals surface area contributed by atoms with Gasteiger partial charge in [0, 0.05) is 11.8 Å². The minimum Gasteiger partial charge on any atom is -0.395 e. The van der Waals surface area contributed by atoms with E-state index in [1.54, 1.807) is 0 Å². The van der Waals surface area contributed by atoms with Crippen LogP contribution in [0.15, 0.2) is 0 Å². The van der Waals surface area contributed by atoms with Crippen LogP contribution < -0.4 is 0 Å². The highest BCUT2D eigenvalue weighted by molar-refractivity contribution is 5.85. The molecule has 0 unspecified atom stereocenters. The summed E-state index contributed by atoms with van der Waals surface area (Å²) in [6.07, 6.45) is 3.62. The molecule has 0 heterocycles. The van der Waals surface area contributed by atoms with Gasteiger partial charge in [-0.3, -0.25) is 4.79 Å². The number of hydrogen-bond donors (Lipinski definition) is 1. The van der Waals surface area contributed by atoms with Crippen LogP contribution in [-0.4, -0.2) is 17.5 Å². The molecule has 1 aliphatic carbocycles. The lowest BCUT2D eigenvalue weighted by molar-refractivity contribution is -0.132. The monoisotopic (exact) mass is 142 g/mol. The van der Waals surface area contributed by atoms with Crippen molar-refractivity contribution in [2.45, 2.75) is 32.6 Å². The van der Waals surface area contributed by atoms with Gasteiger partial charge >= 0.3 is 0 Å². The van der Waals surface area contributed by atoms with Gasteiger partial charge in [0.25, 0.3) is 0 Å². The van der Waals surface area contributed by atoms with E-state index in [2.05, 4.69) is 0 Å².